The second-order valence-corrected chi connectivity index (χ2v) is 6.56. The summed E-state index contributed by atoms with van der Waals surface area (Å²) in [4.78, 5) is 38.0. The highest BCUT2D eigenvalue weighted by molar-refractivity contribution is 6.10. The first-order valence-corrected chi connectivity index (χ1v) is 9.14. The fraction of sp³-hybridized carbons (Fsp3) is 0.0870. The Bertz CT molecular complexity index is 1060. The van der Waals surface area contributed by atoms with Crippen LogP contribution in [0.5, 0.6) is 0 Å². The second kappa shape index (κ2) is 7.98. The molecule has 0 unspecified atom stereocenters. The number of ether oxygens (including phenoxy) is 1. The molecule has 144 valence electrons. The predicted octanol–water partition coefficient (Wildman–Crippen LogP) is 3.50. The Labute approximate surface area is 167 Å². The lowest BCUT2D eigenvalue weighted by Crippen LogP contribution is -2.44. The average molecular weight is 386 g/mol. The summed E-state index contributed by atoms with van der Waals surface area (Å²) in [7, 11) is 0. The van der Waals surface area contributed by atoms with Crippen molar-refractivity contribution in [2.75, 3.05) is 23.4 Å². The maximum atomic E-state index is 12.5. The Morgan fingerprint density at radius 3 is 2.28 bits per heavy atom. The molecule has 0 aliphatic carbocycles. The zero-order valence-electron chi connectivity index (χ0n) is 15.5. The molecular formula is C23H18N2O4. The summed E-state index contributed by atoms with van der Waals surface area (Å²) in [6.45, 7) is -0.556. The summed E-state index contributed by atoms with van der Waals surface area (Å²) < 4.78 is 5.18. The molecule has 1 aliphatic rings. The van der Waals surface area contributed by atoms with E-state index in [4.69, 9.17) is 4.74 Å². The minimum Gasteiger partial charge on any atom is -0.452 e. The predicted molar refractivity (Wildman–Crippen MR) is 110 cm³/mol. The van der Waals surface area contributed by atoms with Crippen molar-refractivity contribution in [1.29, 1.82) is 0 Å². The van der Waals surface area contributed by atoms with E-state index in [1.165, 1.54) is 4.90 Å². The molecule has 0 saturated carbocycles. The highest BCUT2D eigenvalue weighted by atomic mass is 16.5. The highest BCUT2D eigenvalue weighted by Crippen LogP contribution is 2.29. The van der Waals surface area contributed by atoms with Crippen LogP contribution < -0.4 is 10.2 Å². The molecule has 3 aromatic rings. The fourth-order valence-corrected chi connectivity index (χ4v) is 3.17. The minimum atomic E-state index is -0.590. The van der Waals surface area contributed by atoms with E-state index in [-0.39, 0.29) is 12.5 Å². The van der Waals surface area contributed by atoms with Crippen LogP contribution in [0.25, 0.3) is 11.1 Å². The number of carbonyl (C=O) groups is 3. The number of esters is 1. The van der Waals surface area contributed by atoms with Gasteiger partial charge in [0.25, 0.3) is 5.91 Å². The smallest absolute Gasteiger partial charge is 0.338 e. The molecule has 2 amide bonds. The van der Waals surface area contributed by atoms with Gasteiger partial charge in [-0.25, -0.2) is 4.79 Å². The van der Waals surface area contributed by atoms with Gasteiger partial charge in [0.15, 0.2) is 6.61 Å². The van der Waals surface area contributed by atoms with Crippen LogP contribution >= 0.6 is 0 Å². The maximum Gasteiger partial charge on any atom is 0.338 e. The molecule has 1 N–H and O–H groups in total. The van der Waals surface area contributed by atoms with Crippen LogP contribution in [0.3, 0.4) is 0 Å². The van der Waals surface area contributed by atoms with Crippen LogP contribution in [0.4, 0.5) is 11.4 Å². The molecule has 0 radical (unpaired) electrons. The van der Waals surface area contributed by atoms with Crippen LogP contribution in [0.1, 0.15) is 10.4 Å². The van der Waals surface area contributed by atoms with Gasteiger partial charge in [0, 0.05) is 0 Å². The van der Waals surface area contributed by atoms with Crippen molar-refractivity contribution in [3.63, 3.8) is 0 Å². The molecular weight excluding hydrogens is 368 g/mol. The monoisotopic (exact) mass is 386 g/mol. The van der Waals surface area contributed by atoms with Gasteiger partial charge in [0.05, 0.1) is 16.9 Å². The van der Waals surface area contributed by atoms with Crippen LogP contribution in [-0.2, 0) is 14.3 Å². The number of carbonyl (C=O) groups excluding carboxylic acids is 3. The standard InChI is InChI=1S/C23H18N2O4/c26-21-14-25(20-9-5-4-8-19(20)24-21)22(27)15-29-23(28)18-12-10-17(11-13-18)16-6-2-1-3-7-16/h1-13H,14-15H2,(H,24,26). The first-order valence-electron chi connectivity index (χ1n) is 9.14. The van der Waals surface area contributed by atoms with Crippen LogP contribution in [0, 0.1) is 0 Å². The lowest BCUT2D eigenvalue weighted by molar-refractivity contribution is -0.124. The number of rotatable bonds is 4. The van der Waals surface area contributed by atoms with Crippen molar-refractivity contribution >= 4 is 29.2 Å². The van der Waals surface area contributed by atoms with Crippen molar-refractivity contribution in [3.05, 3.63) is 84.4 Å². The summed E-state index contributed by atoms with van der Waals surface area (Å²) in [5.41, 5.74) is 3.52. The Balaban J connectivity index is 1.41. The quantitative estimate of drug-likeness (QED) is 0.697. The Kier molecular flexibility index (Phi) is 5.07. The third kappa shape index (κ3) is 4.01. The average Bonchev–Trinajstić information content (AvgIpc) is 2.77. The number of anilines is 2. The molecule has 0 fully saturated rings. The van der Waals surface area contributed by atoms with Gasteiger partial charge >= 0.3 is 5.97 Å². The van der Waals surface area contributed by atoms with E-state index in [1.54, 1.807) is 36.4 Å². The molecule has 0 atom stereocenters. The maximum absolute atomic E-state index is 12.5. The summed E-state index contributed by atoms with van der Waals surface area (Å²) in [6.07, 6.45) is 0. The largest absolute Gasteiger partial charge is 0.452 e. The molecule has 0 spiro atoms. The molecule has 29 heavy (non-hydrogen) atoms. The van der Waals surface area contributed by atoms with E-state index >= 15 is 0 Å². The zero-order valence-corrected chi connectivity index (χ0v) is 15.5. The summed E-state index contributed by atoms with van der Waals surface area (Å²) in [5, 5.41) is 2.71. The van der Waals surface area contributed by atoms with Crippen LogP contribution in [0.2, 0.25) is 0 Å². The number of nitrogens with one attached hydrogen (secondary N) is 1. The highest BCUT2D eigenvalue weighted by Gasteiger charge is 2.27. The molecule has 1 aliphatic heterocycles. The summed E-state index contributed by atoms with van der Waals surface area (Å²) in [5.74, 6) is -1.34. The van der Waals surface area contributed by atoms with E-state index in [0.717, 1.165) is 11.1 Å². The van der Waals surface area contributed by atoms with Gasteiger partial charge in [-0.2, -0.15) is 0 Å². The zero-order chi connectivity index (χ0) is 20.2. The molecule has 0 aromatic heterocycles. The van der Waals surface area contributed by atoms with Gasteiger partial charge in [-0.3, -0.25) is 14.5 Å². The van der Waals surface area contributed by atoms with E-state index in [2.05, 4.69) is 5.32 Å². The molecule has 0 saturated heterocycles. The van der Waals surface area contributed by atoms with Gasteiger partial charge < -0.3 is 10.1 Å². The third-order valence-electron chi connectivity index (χ3n) is 4.63. The fourth-order valence-electron chi connectivity index (χ4n) is 3.17. The number of benzene rings is 3. The summed E-state index contributed by atoms with van der Waals surface area (Å²) in [6, 6.07) is 23.8. The number of amides is 2. The van der Waals surface area contributed by atoms with Gasteiger partial charge in [-0.05, 0) is 35.4 Å². The van der Waals surface area contributed by atoms with Crippen molar-refractivity contribution < 1.29 is 19.1 Å². The van der Waals surface area contributed by atoms with E-state index in [1.807, 2.05) is 42.5 Å². The van der Waals surface area contributed by atoms with Gasteiger partial charge in [-0.1, -0.05) is 54.6 Å². The molecule has 1 heterocycles. The first-order chi connectivity index (χ1) is 14.1. The van der Waals surface area contributed by atoms with Crippen molar-refractivity contribution in [3.8, 4) is 11.1 Å². The number of fused-ring (bicyclic) bond motifs is 1. The second-order valence-electron chi connectivity index (χ2n) is 6.56. The molecule has 6 nitrogen and oxygen atoms in total. The lowest BCUT2D eigenvalue weighted by Gasteiger charge is -2.28. The van der Waals surface area contributed by atoms with E-state index in [9.17, 15) is 14.4 Å². The van der Waals surface area contributed by atoms with E-state index < -0.39 is 18.5 Å². The van der Waals surface area contributed by atoms with E-state index in [0.29, 0.717) is 16.9 Å². The molecule has 4 rings (SSSR count). The first kappa shape index (κ1) is 18.4. The van der Waals surface area contributed by atoms with Crippen molar-refractivity contribution in [1.82, 2.24) is 0 Å². The Hall–Kier alpha value is -3.93. The molecule has 0 bridgehead atoms. The summed E-state index contributed by atoms with van der Waals surface area (Å²) >= 11 is 0. The number of hydrogen-bond acceptors (Lipinski definition) is 4. The number of hydrogen-bond donors (Lipinski definition) is 1. The Morgan fingerprint density at radius 2 is 1.52 bits per heavy atom. The topological polar surface area (TPSA) is 75.7 Å². The van der Waals surface area contributed by atoms with Gasteiger partial charge in [0.1, 0.15) is 6.54 Å². The van der Waals surface area contributed by atoms with Crippen molar-refractivity contribution in [2.24, 2.45) is 0 Å². The van der Waals surface area contributed by atoms with Crippen LogP contribution in [-0.4, -0.2) is 30.9 Å². The molecule has 6 heteroatoms. The third-order valence-corrected chi connectivity index (χ3v) is 4.63. The number of para-hydroxylation sites is 2. The number of nitrogens with zero attached hydrogens (tertiary/aromatic N) is 1. The minimum absolute atomic E-state index is 0.112. The lowest BCUT2D eigenvalue weighted by atomic mass is 10.0. The van der Waals surface area contributed by atoms with Crippen molar-refractivity contribution in [2.45, 2.75) is 0 Å². The van der Waals surface area contributed by atoms with Gasteiger partial charge in [0.2, 0.25) is 5.91 Å². The normalized spacial score (nSPS) is 12.7. The molecule has 3 aromatic carbocycles. The van der Waals surface area contributed by atoms with Gasteiger partial charge in [-0.15, -0.1) is 0 Å². The Morgan fingerprint density at radius 1 is 0.862 bits per heavy atom. The SMILES string of the molecule is O=C1CN(C(=O)COC(=O)c2ccc(-c3ccccc3)cc2)c2ccccc2N1. The van der Waals surface area contributed by atoms with Crippen LogP contribution in [0.15, 0.2) is 78.9 Å².